The zero-order valence-corrected chi connectivity index (χ0v) is 14.9. The summed E-state index contributed by atoms with van der Waals surface area (Å²) in [4.78, 5) is 15.1. The van der Waals surface area contributed by atoms with Crippen LogP contribution in [-0.4, -0.2) is 14.7 Å². The van der Waals surface area contributed by atoms with Crippen molar-refractivity contribution in [2.45, 2.75) is 6.54 Å². The first-order valence-electron chi connectivity index (χ1n) is 8.11. The third-order valence-corrected chi connectivity index (χ3v) is 4.30. The smallest absolute Gasteiger partial charge is 0.262 e. The summed E-state index contributed by atoms with van der Waals surface area (Å²) >= 11 is 5.13. The molecular weight excluding hydrogens is 344 g/mol. The van der Waals surface area contributed by atoms with E-state index in [4.69, 9.17) is 12.2 Å². The van der Waals surface area contributed by atoms with Gasteiger partial charge in [-0.15, -0.1) is 6.58 Å². The quantitative estimate of drug-likeness (QED) is 0.523. The van der Waals surface area contributed by atoms with Gasteiger partial charge >= 0.3 is 0 Å². The number of aromatic amines is 1. The molecule has 0 bridgehead atoms. The van der Waals surface area contributed by atoms with Gasteiger partial charge < -0.3 is 5.11 Å². The zero-order chi connectivity index (χ0) is 18.5. The Hall–Kier alpha value is -3.18. The van der Waals surface area contributed by atoms with E-state index in [2.05, 4.69) is 11.6 Å². The number of H-pyrrole nitrogens is 1. The molecule has 0 saturated carbocycles. The van der Waals surface area contributed by atoms with E-state index >= 15 is 0 Å². The maximum atomic E-state index is 12.4. The van der Waals surface area contributed by atoms with Crippen molar-refractivity contribution >= 4 is 23.9 Å². The molecular formula is C21H18N2O2S. The molecule has 2 aromatic carbocycles. The van der Waals surface area contributed by atoms with Crippen molar-refractivity contribution in [3.63, 3.8) is 0 Å². The molecule has 0 spiro atoms. The summed E-state index contributed by atoms with van der Waals surface area (Å²) < 4.78 is 1.59. The number of hydrogen-bond donors (Lipinski definition) is 2. The molecule has 0 saturated heterocycles. The summed E-state index contributed by atoms with van der Waals surface area (Å²) in [5.41, 5.74) is 2.43. The first kappa shape index (κ1) is 17.6. The van der Waals surface area contributed by atoms with Crippen LogP contribution in [0.3, 0.4) is 0 Å². The molecule has 0 fully saturated rings. The summed E-state index contributed by atoms with van der Waals surface area (Å²) in [6.45, 7) is 3.96. The largest absolute Gasteiger partial charge is 0.494 e. The van der Waals surface area contributed by atoms with E-state index < -0.39 is 5.56 Å². The number of rotatable bonds is 5. The van der Waals surface area contributed by atoms with Gasteiger partial charge in [-0.3, -0.25) is 14.3 Å². The maximum Gasteiger partial charge on any atom is 0.262 e. The second-order valence-corrected chi connectivity index (χ2v) is 6.07. The minimum absolute atomic E-state index is 0.156. The second-order valence-electron chi connectivity index (χ2n) is 5.69. The fourth-order valence-corrected chi connectivity index (χ4v) is 2.97. The van der Waals surface area contributed by atoms with Gasteiger partial charge in [0.15, 0.2) is 4.77 Å². The number of aromatic nitrogens is 2. The van der Waals surface area contributed by atoms with Crippen LogP contribution in [0.5, 0.6) is 5.88 Å². The van der Waals surface area contributed by atoms with Crippen molar-refractivity contribution in [1.29, 1.82) is 0 Å². The van der Waals surface area contributed by atoms with Crippen molar-refractivity contribution in [2.75, 3.05) is 0 Å². The molecule has 1 heterocycles. The molecule has 0 amide bonds. The zero-order valence-electron chi connectivity index (χ0n) is 14.1. The third kappa shape index (κ3) is 3.58. The Morgan fingerprint density at radius 3 is 2.12 bits per heavy atom. The van der Waals surface area contributed by atoms with Crippen molar-refractivity contribution in [3.8, 4) is 5.88 Å². The summed E-state index contributed by atoms with van der Waals surface area (Å²) in [5, 5.41) is 10.6. The number of nitrogens with one attached hydrogen (secondary N) is 1. The van der Waals surface area contributed by atoms with Gasteiger partial charge in [0.25, 0.3) is 5.56 Å². The van der Waals surface area contributed by atoms with E-state index in [1.54, 1.807) is 12.2 Å². The van der Waals surface area contributed by atoms with Crippen LogP contribution in [0.2, 0.25) is 0 Å². The molecule has 0 unspecified atom stereocenters. The van der Waals surface area contributed by atoms with Crippen LogP contribution >= 0.6 is 12.2 Å². The molecule has 0 atom stereocenters. The second kappa shape index (κ2) is 7.80. The molecule has 3 rings (SSSR count). The van der Waals surface area contributed by atoms with E-state index in [0.29, 0.717) is 6.54 Å². The molecule has 26 heavy (non-hydrogen) atoms. The Bertz CT molecular complexity index is 1020. The topological polar surface area (TPSA) is 58.0 Å². The molecule has 0 aliphatic heterocycles. The van der Waals surface area contributed by atoms with Crippen LogP contribution in [0, 0.1) is 4.77 Å². The minimum Gasteiger partial charge on any atom is -0.494 e. The number of nitrogens with zero attached hydrogens (tertiary/aromatic N) is 1. The van der Waals surface area contributed by atoms with E-state index in [0.717, 1.165) is 16.7 Å². The van der Waals surface area contributed by atoms with Gasteiger partial charge in [-0.2, -0.15) is 0 Å². The van der Waals surface area contributed by atoms with Gasteiger partial charge in [0.2, 0.25) is 5.88 Å². The minimum atomic E-state index is -0.433. The predicted octanol–water partition coefficient (Wildman–Crippen LogP) is 4.39. The average molecular weight is 362 g/mol. The van der Waals surface area contributed by atoms with Crippen LogP contribution in [0.25, 0.3) is 11.6 Å². The molecule has 0 aliphatic rings. The lowest BCUT2D eigenvalue weighted by Crippen LogP contribution is -2.16. The summed E-state index contributed by atoms with van der Waals surface area (Å²) in [6.07, 6.45) is 3.30. The first-order valence-corrected chi connectivity index (χ1v) is 8.52. The Labute approximate surface area is 156 Å². The number of aromatic hydroxyl groups is 1. The Balaban J connectivity index is 2.28. The van der Waals surface area contributed by atoms with E-state index in [1.807, 2.05) is 60.7 Å². The Kier molecular flexibility index (Phi) is 5.29. The van der Waals surface area contributed by atoms with Gasteiger partial charge in [0, 0.05) is 6.54 Å². The van der Waals surface area contributed by atoms with Crippen LogP contribution in [-0.2, 0) is 6.54 Å². The molecule has 0 aliphatic carbocycles. The third-order valence-electron chi connectivity index (χ3n) is 3.98. The van der Waals surface area contributed by atoms with Crippen LogP contribution < -0.4 is 5.56 Å². The van der Waals surface area contributed by atoms with Gasteiger partial charge in [0.05, 0.1) is 0 Å². The number of hydrogen-bond acceptors (Lipinski definition) is 3. The highest BCUT2D eigenvalue weighted by atomic mass is 32.1. The predicted molar refractivity (Wildman–Crippen MR) is 108 cm³/mol. The van der Waals surface area contributed by atoms with Gasteiger partial charge in [-0.05, 0) is 35.0 Å². The van der Waals surface area contributed by atoms with Crippen LogP contribution in [0.15, 0.2) is 78.1 Å². The maximum absolute atomic E-state index is 12.4. The SMILES string of the molecule is C=CCn1c(O)c(C=C(c2ccccc2)c2ccccc2)c(=O)[nH]c1=S. The van der Waals surface area contributed by atoms with Crippen LogP contribution in [0.4, 0.5) is 0 Å². The normalized spacial score (nSPS) is 10.3. The molecule has 3 aromatic rings. The van der Waals surface area contributed by atoms with Crippen molar-refractivity contribution < 1.29 is 5.11 Å². The molecule has 0 radical (unpaired) electrons. The van der Waals surface area contributed by atoms with E-state index in [1.165, 1.54) is 4.57 Å². The lowest BCUT2D eigenvalue weighted by Gasteiger charge is -2.12. The molecule has 2 N–H and O–H groups in total. The van der Waals surface area contributed by atoms with Crippen molar-refractivity contribution in [2.24, 2.45) is 0 Å². The lowest BCUT2D eigenvalue weighted by atomic mass is 9.96. The summed E-state index contributed by atoms with van der Waals surface area (Å²) in [6, 6.07) is 19.4. The van der Waals surface area contributed by atoms with Crippen molar-refractivity contribution in [3.05, 3.63) is 105 Å². The molecule has 130 valence electrons. The van der Waals surface area contributed by atoms with E-state index in [9.17, 15) is 9.90 Å². The highest BCUT2D eigenvalue weighted by Gasteiger charge is 2.13. The fourth-order valence-electron chi connectivity index (χ4n) is 2.72. The molecule has 4 nitrogen and oxygen atoms in total. The van der Waals surface area contributed by atoms with Crippen LogP contribution in [0.1, 0.15) is 16.7 Å². The Morgan fingerprint density at radius 1 is 1.08 bits per heavy atom. The standard InChI is InChI=1S/C21H18N2O2S/c1-2-13-23-20(25)18(19(24)22-21(23)26)14-17(15-9-5-3-6-10-15)16-11-7-4-8-12-16/h2-12,14,25H,1,13H2,(H,22,24,26). The first-order chi connectivity index (χ1) is 12.6. The molecule has 1 aromatic heterocycles. The molecule has 5 heteroatoms. The summed E-state index contributed by atoms with van der Waals surface area (Å²) in [7, 11) is 0. The highest BCUT2D eigenvalue weighted by Crippen LogP contribution is 2.27. The van der Waals surface area contributed by atoms with Crippen molar-refractivity contribution in [1.82, 2.24) is 9.55 Å². The van der Waals surface area contributed by atoms with Gasteiger partial charge in [0.1, 0.15) is 5.56 Å². The number of allylic oxidation sites excluding steroid dienone is 1. The fraction of sp³-hybridized carbons (Fsp3) is 0.0476. The monoisotopic (exact) mass is 362 g/mol. The number of benzene rings is 2. The summed E-state index contributed by atoms with van der Waals surface area (Å²) in [5.74, 6) is -0.178. The average Bonchev–Trinajstić information content (AvgIpc) is 2.66. The van der Waals surface area contributed by atoms with E-state index in [-0.39, 0.29) is 16.2 Å². The lowest BCUT2D eigenvalue weighted by molar-refractivity contribution is 0.413. The van der Waals surface area contributed by atoms with Gasteiger partial charge in [-0.25, -0.2) is 0 Å². The van der Waals surface area contributed by atoms with Gasteiger partial charge in [-0.1, -0.05) is 66.7 Å². The highest BCUT2D eigenvalue weighted by molar-refractivity contribution is 7.71. The Morgan fingerprint density at radius 2 is 1.62 bits per heavy atom.